The second-order valence-electron chi connectivity index (χ2n) is 5.78. The number of carbonyl (C=O) groups is 1. The molecular weight excluding hydrogens is 290 g/mol. The number of amides is 1. The summed E-state index contributed by atoms with van der Waals surface area (Å²) < 4.78 is 0. The molecule has 23 heavy (non-hydrogen) atoms. The van der Waals surface area contributed by atoms with Gasteiger partial charge in [0.05, 0.1) is 18.2 Å². The highest BCUT2D eigenvalue weighted by atomic mass is 16.3. The molecule has 2 rings (SSSR count). The standard InChI is InChI=1S/C18H23N3O2/c1-13(2)16(12-22)20-15-9-5-4-8-14(15)18(23)21(3)17-10-6-7-11-19-17/h4-11,13,16,20,22H,12H2,1-3H3/t16-/m0/s1. The number of aliphatic hydroxyl groups excluding tert-OH is 1. The zero-order valence-corrected chi connectivity index (χ0v) is 13.7. The number of pyridine rings is 1. The molecule has 0 saturated carbocycles. The van der Waals surface area contributed by atoms with Gasteiger partial charge in [0.25, 0.3) is 5.91 Å². The minimum atomic E-state index is -0.146. The number of nitrogens with zero attached hydrogens (tertiary/aromatic N) is 2. The lowest BCUT2D eigenvalue weighted by Crippen LogP contribution is -2.32. The van der Waals surface area contributed by atoms with Crippen LogP contribution in [0.1, 0.15) is 24.2 Å². The van der Waals surface area contributed by atoms with Crippen molar-refractivity contribution in [3.8, 4) is 0 Å². The Morgan fingerprint density at radius 3 is 2.52 bits per heavy atom. The van der Waals surface area contributed by atoms with Crippen LogP contribution in [0, 0.1) is 5.92 Å². The number of nitrogens with one attached hydrogen (secondary N) is 1. The number of anilines is 2. The van der Waals surface area contributed by atoms with Gasteiger partial charge in [-0.05, 0) is 30.2 Å². The predicted octanol–water partition coefficient (Wildman–Crippen LogP) is 2.79. The molecule has 0 aliphatic rings. The minimum Gasteiger partial charge on any atom is -0.394 e. The minimum absolute atomic E-state index is 0.0102. The van der Waals surface area contributed by atoms with E-state index in [1.807, 2.05) is 44.2 Å². The average Bonchev–Trinajstić information content (AvgIpc) is 2.59. The Labute approximate surface area is 137 Å². The van der Waals surface area contributed by atoms with E-state index in [-0.39, 0.29) is 24.5 Å². The molecule has 1 aromatic heterocycles. The Morgan fingerprint density at radius 1 is 1.22 bits per heavy atom. The van der Waals surface area contributed by atoms with Crippen molar-refractivity contribution in [3.63, 3.8) is 0 Å². The summed E-state index contributed by atoms with van der Waals surface area (Å²) in [5.74, 6) is 0.693. The first-order chi connectivity index (χ1) is 11.0. The van der Waals surface area contributed by atoms with Crippen LogP contribution in [0.2, 0.25) is 0 Å². The fourth-order valence-corrected chi connectivity index (χ4v) is 2.26. The molecule has 5 nitrogen and oxygen atoms in total. The van der Waals surface area contributed by atoms with Gasteiger partial charge in [-0.25, -0.2) is 4.98 Å². The molecule has 0 unspecified atom stereocenters. The molecule has 2 aromatic rings. The van der Waals surface area contributed by atoms with E-state index in [0.29, 0.717) is 17.1 Å². The SMILES string of the molecule is CC(C)[C@H](CO)Nc1ccccc1C(=O)N(C)c1ccccn1. The van der Waals surface area contributed by atoms with Crippen LogP contribution in [0.15, 0.2) is 48.7 Å². The zero-order chi connectivity index (χ0) is 16.8. The second-order valence-corrected chi connectivity index (χ2v) is 5.78. The Bertz CT molecular complexity index is 644. The lowest BCUT2D eigenvalue weighted by molar-refractivity contribution is 0.0993. The van der Waals surface area contributed by atoms with Crippen molar-refractivity contribution < 1.29 is 9.90 Å². The van der Waals surface area contributed by atoms with Crippen LogP contribution in [-0.2, 0) is 0 Å². The first-order valence-electron chi connectivity index (χ1n) is 7.70. The van der Waals surface area contributed by atoms with Gasteiger partial charge in [-0.15, -0.1) is 0 Å². The molecule has 0 aliphatic carbocycles. The zero-order valence-electron chi connectivity index (χ0n) is 13.7. The van der Waals surface area contributed by atoms with Gasteiger partial charge in [0.2, 0.25) is 0 Å². The van der Waals surface area contributed by atoms with Gasteiger partial charge in [0, 0.05) is 18.9 Å². The molecule has 122 valence electrons. The molecule has 0 radical (unpaired) electrons. The first-order valence-corrected chi connectivity index (χ1v) is 7.70. The molecule has 0 saturated heterocycles. The van der Waals surface area contributed by atoms with Gasteiger partial charge in [0.15, 0.2) is 0 Å². The summed E-state index contributed by atoms with van der Waals surface area (Å²) in [5, 5.41) is 12.8. The predicted molar refractivity (Wildman–Crippen MR) is 92.7 cm³/mol. The number of hydrogen-bond donors (Lipinski definition) is 2. The molecule has 1 amide bonds. The van der Waals surface area contributed by atoms with Crippen molar-refractivity contribution in [2.75, 3.05) is 23.9 Å². The summed E-state index contributed by atoms with van der Waals surface area (Å²) in [6, 6.07) is 12.7. The van der Waals surface area contributed by atoms with Crippen LogP contribution < -0.4 is 10.2 Å². The van der Waals surface area contributed by atoms with E-state index >= 15 is 0 Å². The normalized spacial score (nSPS) is 12.0. The van der Waals surface area contributed by atoms with Gasteiger partial charge in [-0.2, -0.15) is 0 Å². The van der Waals surface area contributed by atoms with Gasteiger partial charge in [0.1, 0.15) is 5.82 Å². The second kappa shape index (κ2) is 7.74. The first kappa shape index (κ1) is 17.0. The highest BCUT2D eigenvalue weighted by Crippen LogP contribution is 2.21. The number of hydrogen-bond acceptors (Lipinski definition) is 4. The van der Waals surface area contributed by atoms with E-state index in [1.54, 1.807) is 25.4 Å². The van der Waals surface area contributed by atoms with Crippen molar-refractivity contribution in [1.29, 1.82) is 0 Å². The van der Waals surface area contributed by atoms with Crippen molar-refractivity contribution in [1.82, 2.24) is 4.98 Å². The Kier molecular flexibility index (Phi) is 5.71. The number of carbonyl (C=O) groups excluding carboxylic acids is 1. The average molecular weight is 313 g/mol. The lowest BCUT2D eigenvalue weighted by Gasteiger charge is -2.24. The Balaban J connectivity index is 2.27. The molecule has 0 bridgehead atoms. The largest absolute Gasteiger partial charge is 0.394 e. The van der Waals surface area contributed by atoms with E-state index < -0.39 is 0 Å². The van der Waals surface area contributed by atoms with Crippen molar-refractivity contribution in [2.24, 2.45) is 5.92 Å². The third-order valence-electron chi connectivity index (χ3n) is 3.80. The maximum Gasteiger partial charge on any atom is 0.261 e. The highest BCUT2D eigenvalue weighted by molar-refractivity contribution is 6.08. The quantitative estimate of drug-likeness (QED) is 0.860. The van der Waals surface area contributed by atoms with Crippen LogP contribution in [0.4, 0.5) is 11.5 Å². The molecule has 5 heteroatoms. The Morgan fingerprint density at radius 2 is 1.91 bits per heavy atom. The summed E-state index contributed by atoms with van der Waals surface area (Å²) in [4.78, 5) is 18.5. The van der Waals surface area contributed by atoms with Crippen molar-refractivity contribution in [2.45, 2.75) is 19.9 Å². The molecule has 0 fully saturated rings. The summed E-state index contributed by atoms with van der Waals surface area (Å²) in [5.41, 5.74) is 1.27. The molecular formula is C18H23N3O2. The number of rotatable bonds is 6. The number of aromatic nitrogens is 1. The van der Waals surface area contributed by atoms with E-state index in [4.69, 9.17) is 0 Å². The summed E-state index contributed by atoms with van der Waals surface area (Å²) in [7, 11) is 1.70. The molecule has 0 aliphatic heterocycles. The Hall–Kier alpha value is -2.40. The third-order valence-corrected chi connectivity index (χ3v) is 3.80. The van der Waals surface area contributed by atoms with Gasteiger partial charge in [-0.1, -0.05) is 32.0 Å². The van der Waals surface area contributed by atoms with Crippen molar-refractivity contribution >= 4 is 17.4 Å². The van der Waals surface area contributed by atoms with Crippen LogP contribution in [0.3, 0.4) is 0 Å². The van der Waals surface area contributed by atoms with Crippen LogP contribution in [-0.4, -0.2) is 35.7 Å². The van der Waals surface area contributed by atoms with E-state index in [9.17, 15) is 9.90 Å². The monoisotopic (exact) mass is 313 g/mol. The van der Waals surface area contributed by atoms with Gasteiger partial charge in [-0.3, -0.25) is 9.69 Å². The smallest absolute Gasteiger partial charge is 0.261 e. The van der Waals surface area contributed by atoms with E-state index in [2.05, 4.69) is 10.3 Å². The fourth-order valence-electron chi connectivity index (χ4n) is 2.26. The number of para-hydroxylation sites is 1. The van der Waals surface area contributed by atoms with E-state index in [0.717, 1.165) is 0 Å². The number of aliphatic hydroxyl groups is 1. The maximum absolute atomic E-state index is 12.8. The molecule has 1 atom stereocenters. The van der Waals surface area contributed by atoms with Crippen LogP contribution >= 0.6 is 0 Å². The van der Waals surface area contributed by atoms with Crippen LogP contribution in [0.5, 0.6) is 0 Å². The molecule has 1 aromatic carbocycles. The summed E-state index contributed by atoms with van der Waals surface area (Å²) in [6.45, 7) is 4.06. The summed E-state index contributed by atoms with van der Waals surface area (Å²) in [6.07, 6.45) is 1.66. The highest BCUT2D eigenvalue weighted by Gasteiger charge is 2.20. The topological polar surface area (TPSA) is 65.5 Å². The molecule has 0 spiro atoms. The van der Waals surface area contributed by atoms with Crippen LogP contribution in [0.25, 0.3) is 0 Å². The maximum atomic E-state index is 12.8. The van der Waals surface area contributed by atoms with Gasteiger partial charge < -0.3 is 10.4 Å². The van der Waals surface area contributed by atoms with E-state index in [1.165, 1.54) is 4.90 Å². The lowest BCUT2D eigenvalue weighted by atomic mass is 10.0. The summed E-state index contributed by atoms with van der Waals surface area (Å²) >= 11 is 0. The number of benzene rings is 1. The fraction of sp³-hybridized carbons (Fsp3) is 0.333. The molecule has 1 heterocycles. The molecule has 2 N–H and O–H groups in total. The third kappa shape index (κ3) is 4.07. The van der Waals surface area contributed by atoms with Gasteiger partial charge >= 0.3 is 0 Å². The van der Waals surface area contributed by atoms with Crippen molar-refractivity contribution in [3.05, 3.63) is 54.2 Å².